The normalized spacial score (nSPS) is 16.3. The summed E-state index contributed by atoms with van der Waals surface area (Å²) < 4.78 is 5.16. The number of hydrogen-bond donors (Lipinski definition) is 2. The van der Waals surface area contributed by atoms with Crippen molar-refractivity contribution in [2.45, 2.75) is 19.4 Å². The van der Waals surface area contributed by atoms with Gasteiger partial charge in [0.15, 0.2) is 0 Å². The number of aromatic hydroxyl groups is 1. The Kier molecular flexibility index (Phi) is 5.44. The maximum Gasteiger partial charge on any atom is 0.328 e. The molecule has 1 unspecified atom stereocenters. The average molecular weight is 380 g/mol. The van der Waals surface area contributed by atoms with Gasteiger partial charge < -0.3 is 14.9 Å². The van der Waals surface area contributed by atoms with Gasteiger partial charge in [-0.05, 0) is 42.8 Å². The molecule has 1 amide bonds. The third-order valence-electron chi connectivity index (χ3n) is 4.47. The lowest BCUT2D eigenvalue weighted by atomic mass is 9.96. The summed E-state index contributed by atoms with van der Waals surface area (Å²) in [6.07, 6.45) is 2.12. The molecule has 0 saturated heterocycles. The number of phenolic OH excluding ortho intramolecular Hbond substituents is 1. The Balaban J connectivity index is 1.99. The minimum absolute atomic E-state index is 0.0572. The van der Waals surface area contributed by atoms with Gasteiger partial charge in [-0.3, -0.25) is 4.79 Å². The number of carbonyl (C=O) groups excluding carboxylic acids is 1. The second kappa shape index (κ2) is 7.96. The minimum Gasteiger partial charge on any atom is -0.508 e. The highest BCUT2D eigenvalue weighted by Crippen LogP contribution is 2.37. The first-order valence-electron chi connectivity index (χ1n) is 8.64. The van der Waals surface area contributed by atoms with E-state index in [0.717, 1.165) is 23.3 Å². The van der Waals surface area contributed by atoms with Crippen molar-refractivity contribution in [1.29, 1.82) is 0 Å². The molecule has 7 heteroatoms. The molecule has 0 bridgehead atoms. The first-order valence-corrected chi connectivity index (χ1v) is 8.64. The van der Waals surface area contributed by atoms with E-state index >= 15 is 0 Å². The maximum absolute atomic E-state index is 12.6. The van der Waals surface area contributed by atoms with Gasteiger partial charge in [-0.15, -0.1) is 0 Å². The molecule has 0 fully saturated rings. The quantitative estimate of drug-likeness (QED) is 0.777. The second-order valence-electron chi connectivity index (χ2n) is 6.41. The molecule has 1 heterocycles. The number of carboxylic acid groups (broad SMARTS) is 1. The highest BCUT2D eigenvalue weighted by atomic mass is 16.5. The number of carboxylic acids is 1. The molecule has 0 aliphatic carbocycles. The highest BCUT2D eigenvalue weighted by Gasteiger charge is 2.33. The molecule has 1 aliphatic heterocycles. The predicted octanol–water partition coefficient (Wildman–Crippen LogP) is 3.03. The zero-order valence-corrected chi connectivity index (χ0v) is 15.5. The largest absolute Gasteiger partial charge is 0.508 e. The predicted molar refractivity (Wildman–Crippen MR) is 103 cm³/mol. The summed E-state index contributed by atoms with van der Waals surface area (Å²) in [6.45, 7) is 1.89. The Morgan fingerprint density at radius 2 is 1.89 bits per heavy atom. The van der Waals surface area contributed by atoms with E-state index in [2.05, 4.69) is 5.10 Å². The van der Waals surface area contributed by atoms with Crippen molar-refractivity contribution >= 4 is 17.6 Å². The van der Waals surface area contributed by atoms with Gasteiger partial charge >= 0.3 is 5.97 Å². The van der Waals surface area contributed by atoms with E-state index in [9.17, 15) is 14.7 Å². The molecule has 3 rings (SSSR count). The summed E-state index contributed by atoms with van der Waals surface area (Å²) in [5.74, 6) is -1.03. The molecule has 0 saturated carbocycles. The van der Waals surface area contributed by atoms with Crippen molar-refractivity contribution in [3.05, 3.63) is 71.3 Å². The number of hydrogen-bond acceptors (Lipinski definition) is 5. The molecule has 0 spiro atoms. The summed E-state index contributed by atoms with van der Waals surface area (Å²) in [5, 5.41) is 24.8. The second-order valence-corrected chi connectivity index (χ2v) is 6.41. The topological polar surface area (TPSA) is 99.4 Å². The fraction of sp³-hybridized carbons (Fsp3) is 0.190. The lowest BCUT2D eigenvalue weighted by Crippen LogP contribution is -2.25. The van der Waals surface area contributed by atoms with Crippen LogP contribution in [0.2, 0.25) is 0 Å². The van der Waals surface area contributed by atoms with Crippen LogP contribution in [0.5, 0.6) is 11.5 Å². The van der Waals surface area contributed by atoms with E-state index in [4.69, 9.17) is 9.84 Å². The van der Waals surface area contributed by atoms with Crippen molar-refractivity contribution in [1.82, 2.24) is 5.01 Å². The lowest BCUT2D eigenvalue weighted by Gasteiger charge is -2.22. The van der Waals surface area contributed by atoms with Crippen molar-refractivity contribution in [2.75, 3.05) is 7.11 Å². The lowest BCUT2D eigenvalue weighted by molar-refractivity contribution is -0.132. The first kappa shape index (κ1) is 19.2. The third kappa shape index (κ3) is 4.03. The van der Waals surface area contributed by atoms with Crippen molar-refractivity contribution < 1.29 is 24.5 Å². The van der Waals surface area contributed by atoms with Crippen LogP contribution in [-0.4, -0.2) is 39.9 Å². The van der Waals surface area contributed by atoms with Crippen LogP contribution in [0.1, 0.15) is 29.2 Å². The summed E-state index contributed by atoms with van der Waals surface area (Å²) in [4.78, 5) is 23.3. The van der Waals surface area contributed by atoms with E-state index in [1.807, 2.05) is 19.1 Å². The molecular formula is C21H20N2O5. The van der Waals surface area contributed by atoms with Crippen LogP contribution in [0, 0.1) is 6.92 Å². The number of nitrogens with zero attached hydrogens (tertiary/aromatic N) is 2. The van der Waals surface area contributed by atoms with E-state index in [-0.39, 0.29) is 5.75 Å². The Bertz CT molecular complexity index is 963. The molecule has 2 N–H and O–H groups in total. The number of carbonyl (C=O) groups is 2. The first-order chi connectivity index (χ1) is 13.4. The van der Waals surface area contributed by atoms with Gasteiger partial charge in [-0.2, -0.15) is 5.10 Å². The van der Waals surface area contributed by atoms with E-state index < -0.39 is 17.9 Å². The van der Waals surface area contributed by atoms with Crippen molar-refractivity contribution in [2.24, 2.45) is 5.10 Å². The molecule has 2 aromatic rings. The van der Waals surface area contributed by atoms with Crippen LogP contribution in [0.25, 0.3) is 0 Å². The van der Waals surface area contributed by atoms with Gasteiger partial charge in [0.1, 0.15) is 11.5 Å². The van der Waals surface area contributed by atoms with E-state index in [1.54, 1.807) is 37.4 Å². The van der Waals surface area contributed by atoms with Crippen LogP contribution in [0.3, 0.4) is 0 Å². The number of hydrazone groups is 1. The van der Waals surface area contributed by atoms with Crippen LogP contribution >= 0.6 is 0 Å². The maximum atomic E-state index is 12.6. The number of aryl methyl sites for hydroxylation is 1. The fourth-order valence-corrected chi connectivity index (χ4v) is 3.07. The average Bonchev–Trinajstić information content (AvgIpc) is 3.13. The molecule has 2 aromatic carbocycles. The summed E-state index contributed by atoms with van der Waals surface area (Å²) >= 11 is 0. The number of phenols is 1. The van der Waals surface area contributed by atoms with Crippen LogP contribution in [0.15, 0.2) is 59.7 Å². The number of amides is 1. The van der Waals surface area contributed by atoms with Crippen LogP contribution in [0.4, 0.5) is 0 Å². The summed E-state index contributed by atoms with van der Waals surface area (Å²) in [5.41, 5.74) is 2.96. The number of ether oxygens (including phenoxy) is 1. The fourth-order valence-electron chi connectivity index (χ4n) is 3.07. The van der Waals surface area contributed by atoms with Gasteiger partial charge in [0.25, 0.3) is 5.91 Å². The number of benzene rings is 2. The molecule has 28 heavy (non-hydrogen) atoms. The number of aliphatic carboxylic acids is 1. The molecule has 144 valence electrons. The number of methoxy groups -OCH3 is 1. The molecule has 0 radical (unpaired) electrons. The minimum atomic E-state index is -1.22. The Morgan fingerprint density at radius 1 is 1.18 bits per heavy atom. The van der Waals surface area contributed by atoms with Crippen LogP contribution in [-0.2, 0) is 9.59 Å². The Morgan fingerprint density at radius 3 is 2.54 bits per heavy atom. The monoisotopic (exact) mass is 380 g/mol. The van der Waals surface area contributed by atoms with Gasteiger partial charge in [-0.25, -0.2) is 9.80 Å². The molecule has 1 aliphatic rings. The van der Waals surface area contributed by atoms with Crippen LogP contribution < -0.4 is 4.74 Å². The number of rotatable bonds is 5. The zero-order valence-electron chi connectivity index (χ0n) is 15.5. The zero-order chi connectivity index (χ0) is 20.3. The highest BCUT2D eigenvalue weighted by molar-refractivity contribution is 6.04. The van der Waals surface area contributed by atoms with Crippen molar-refractivity contribution in [3.63, 3.8) is 0 Å². The third-order valence-corrected chi connectivity index (χ3v) is 4.47. The Labute approximate surface area is 162 Å². The molecule has 0 aromatic heterocycles. The smallest absolute Gasteiger partial charge is 0.328 e. The SMILES string of the molecule is COc1ccc(C2=NN(C(=O)/C=C\C(=O)O)C(c3cc(C)ccc3O)C2)cc1. The van der Waals surface area contributed by atoms with Gasteiger partial charge in [-0.1, -0.05) is 17.7 Å². The molecular weight excluding hydrogens is 360 g/mol. The molecule has 1 atom stereocenters. The van der Waals surface area contributed by atoms with Crippen molar-refractivity contribution in [3.8, 4) is 11.5 Å². The van der Waals surface area contributed by atoms with Gasteiger partial charge in [0.05, 0.1) is 18.9 Å². The van der Waals surface area contributed by atoms with E-state index in [0.29, 0.717) is 23.4 Å². The van der Waals surface area contributed by atoms with E-state index in [1.165, 1.54) is 5.01 Å². The Hall–Kier alpha value is -3.61. The summed E-state index contributed by atoms with van der Waals surface area (Å²) in [6, 6.07) is 11.9. The van der Waals surface area contributed by atoms with Gasteiger partial charge in [0.2, 0.25) is 0 Å². The summed E-state index contributed by atoms with van der Waals surface area (Å²) in [7, 11) is 1.58. The standard InChI is InChI=1S/C21H20N2O5/c1-13-3-8-19(24)16(11-13)18-12-17(14-4-6-15(28-2)7-5-14)22-23(18)20(25)9-10-21(26)27/h3-11,18,24H,12H2,1-2H3,(H,26,27)/b10-9-. The van der Waals surface area contributed by atoms with Gasteiger partial charge in [0, 0.05) is 24.1 Å². The molecule has 7 nitrogen and oxygen atoms in total.